The van der Waals surface area contributed by atoms with Gasteiger partial charge in [-0.15, -0.1) is 11.3 Å². The van der Waals surface area contributed by atoms with Gasteiger partial charge in [0.25, 0.3) is 0 Å². The topological polar surface area (TPSA) is 53.9 Å². The molecule has 0 spiro atoms. The van der Waals surface area contributed by atoms with Gasteiger partial charge in [-0.3, -0.25) is 0 Å². The second-order valence-corrected chi connectivity index (χ2v) is 9.89. The Morgan fingerprint density at radius 2 is 1.82 bits per heavy atom. The van der Waals surface area contributed by atoms with E-state index in [1.807, 2.05) is 30.3 Å². The van der Waals surface area contributed by atoms with E-state index in [0.29, 0.717) is 11.9 Å². The SMILES string of the molecule is CC(Nc1nccc(-c2sc(C3CCN(C)CC3)nc2-c2cccc(F)c2)n1)c1ccccc1. The lowest BCUT2D eigenvalue weighted by molar-refractivity contribution is 0.255. The molecule has 2 aromatic heterocycles. The number of nitrogens with zero attached hydrogens (tertiary/aromatic N) is 4. The highest BCUT2D eigenvalue weighted by molar-refractivity contribution is 7.15. The summed E-state index contributed by atoms with van der Waals surface area (Å²) < 4.78 is 14.1. The van der Waals surface area contributed by atoms with Gasteiger partial charge in [-0.2, -0.15) is 0 Å². The summed E-state index contributed by atoms with van der Waals surface area (Å²) in [5.74, 6) is 0.715. The van der Waals surface area contributed by atoms with E-state index in [-0.39, 0.29) is 11.9 Å². The molecule has 1 atom stereocenters. The van der Waals surface area contributed by atoms with E-state index in [1.165, 1.54) is 11.6 Å². The Labute approximate surface area is 203 Å². The molecule has 1 fully saturated rings. The summed E-state index contributed by atoms with van der Waals surface area (Å²) in [5.41, 5.74) is 3.53. The van der Waals surface area contributed by atoms with E-state index in [2.05, 4.69) is 41.3 Å². The highest BCUT2D eigenvalue weighted by atomic mass is 32.1. The maximum absolute atomic E-state index is 14.1. The first-order valence-corrected chi connectivity index (χ1v) is 12.5. The van der Waals surface area contributed by atoms with Crippen molar-refractivity contribution in [2.45, 2.75) is 31.7 Å². The zero-order valence-electron chi connectivity index (χ0n) is 19.4. The number of aromatic nitrogens is 3. The Morgan fingerprint density at radius 3 is 2.59 bits per heavy atom. The number of piperidine rings is 1. The predicted octanol–water partition coefficient (Wildman–Crippen LogP) is 6.39. The maximum Gasteiger partial charge on any atom is 0.223 e. The molecule has 0 radical (unpaired) electrons. The van der Waals surface area contributed by atoms with Crippen LogP contribution in [-0.2, 0) is 0 Å². The molecule has 1 N–H and O–H groups in total. The van der Waals surface area contributed by atoms with Crippen molar-refractivity contribution in [3.63, 3.8) is 0 Å². The first kappa shape index (κ1) is 22.6. The van der Waals surface area contributed by atoms with Crippen LogP contribution in [0.5, 0.6) is 0 Å². The third-order valence-corrected chi connectivity index (χ3v) is 7.58. The van der Waals surface area contributed by atoms with Gasteiger partial charge >= 0.3 is 0 Å². The first-order valence-electron chi connectivity index (χ1n) is 11.7. The molecule has 1 aliphatic heterocycles. The lowest BCUT2D eigenvalue weighted by Crippen LogP contribution is -2.29. The molecule has 4 aromatic rings. The molecule has 1 saturated heterocycles. The van der Waals surface area contributed by atoms with Crippen LogP contribution < -0.4 is 5.32 Å². The van der Waals surface area contributed by atoms with E-state index in [4.69, 9.17) is 9.97 Å². The number of likely N-dealkylation sites (tertiary alicyclic amines) is 1. The second kappa shape index (κ2) is 9.99. The third-order valence-electron chi connectivity index (χ3n) is 6.34. The minimum atomic E-state index is -0.265. The molecule has 34 heavy (non-hydrogen) atoms. The molecular weight excluding hydrogens is 445 g/mol. The van der Waals surface area contributed by atoms with Crippen LogP contribution >= 0.6 is 11.3 Å². The highest BCUT2D eigenvalue weighted by Crippen LogP contribution is 2.41. The lowest BCUT2D eigenvalue weighted by Gasteiger charge is -2.27. The number of thiazole rings is 1. The van der Waals surface area contributed by atoms with Crippen LogP contribution in [0.25, 0.3) is 21.8 Å². The number of hydrogen-bond acceptors (Lipinski definition) is 6. The van der Waals surface area contributed by atoms with Crippen LogP contribution in [0.1, 0.15) is 42.3 Å². The van der Waals surface area contributed by atoms with Gasteiger partial charge in [-0.05, 0) is 63.7 Å². The Bertz CT molecular complexity index is 1250. The Kier molecular flexibility index (Phi) is 6.65. The van der Waals surface area contributed by atoms with Crippen molar-refractivity contribution >= 4 is 17.3 Å². The fourth-order valence-corrected chi connectivity index (χ4v) is 5.57. The fraction of sp³-hybridized carbons (Fsp3) is 0.296. The lowest BCUT2D eigenvalue weighted by atomic mass is 9.98. The van der Waals surface area contributed by atoms with Crippen molar-refractivity contribution in [2.75, 3.05) is 25.5 Å². The van der Waals surface area contributed by atoms with Gasteiger partial charge in [0.2, 0.25) is 5.95 Å². The maximum atomic E-state index is 14.1. The highest BCUT2D eigenvalue weighted by Gasteiger charge is 2.25. The molecule has 7 heteroatoms. The van der Waals surface area contributed by atoms with Gasteiger partial charge in [-0.1, -0.05) is 42.5 Å². The number of halogens is 1. The number of rotatable bonds is 6. The van der Waals surface area contributed by atoms with Crippen molar-refractivity contribution in [1.82, 2.24) is 19.9 Å². The summed E-state index contributed by atoms with van der Waals surface area (Å²) in [4.78, 5) is 17.6. The Morgan fingerprint density at radius 1 is 1.03 bits per heavy atom. The monoisotopic (exact) mass is 473 g/mol. The molecule has 5 nitrogen and oxygen atoms in total. The molecule has 3 heterocycles. The largest absolute Gasteiger partial charge is 0.348 e. The van der Waals surface area contributed by atoms with Crippen LogP contribution in [0.2, 0.25) is 0 Å². The van der Waals surface area contributed by atoms with Gasteiger partial charge in [0.1, 0.15) is 5.82 Å². The second-order valence-electron chi connectivity index (χ2n) is 8.86. The van der Waals surface area contributed by atoms with E-state index in [1.54, 1.807) is 29.7 Å². The van der Waals surface area contributed by atoms with Crippen molar-refractivity contribution < 1.29 is 4.39 Å². The third kappa shape index (κ3) is 5.00. The van der Waals surface area contributed by atoms with Crippen LogP contribution in [-0.4, -0.2) is 40.0 Å². The number of nitrogens with one attached hydrogen (secondary N) is 1. The number of hydrogen-bond donors (Lipinski definition) is 1. The molecule has 174 valence electrons. The fourth-order valence-electron chi connectivity index (χ4n) is 4.35. The summed E-state index contributed by atoms with van der Waals surface area (Å²) in [6.45, 7) is 4.22. The smallest absolute Gasteiger partial charge is 0.223 e. The summed E-state index contributed by atoms with van der Waals surface area (Å²) in [7, 11) is 2.16. The molecule has 0 bridgehead atoms. The summed E-state index contributed by atoms with van der Waals surface area (Å²) in [5, 5.41) is 4.51. The minimum absolute atomic E-state index is 0.0652. The van der Waals surface area contributed by atoms with Gasteiger partial charge in [0.15, 0.2) is 0 Å². The quantitative estimate of drug-likeness (QED) is 0.352. The van der Waals surface area contributed by atoms with Gasteiger partial charge in [0.05, 0.1) is 27.3 Å². The van der Waals surface area contributed by atoms with E-state index >= 15 is 0 Å². The first-order chi connectivity index (χ1) is 16.6. The zero-order chi connectivity index (χ0) is 23.5. The minimum Gasteiger partial charge on any atom is -0.348 e. The zero-order valence-corrected chi connectivity index (χ0v) is 20.2. The predicted molar refractivity (Wildman–Crippen MR) is 136 cm³/mol. The van der Waals surface area contributed by atoms with Crippen molar-refractivity contribution in [3.05, 3.63) is 83.2 Å². The van der Waals surface area contributed by atoms with E-state index < -0.39 is 0 Å². The van der Waals surface area contributed by atoms with E-state index in [0.717, 1.165) is 52.8 Å². The number of benzene rings is 2. The average Bonchev–Trinajstić information content (AvgIpc) is 3.31. The Hall–Kier alpha value is -3.16. The molecule has 5 rings (SSSR count). The van der Waals surface area contributed by atoms with Crippen molar-refractivity contribution in [1.29, 1.82) is 0 Å². The normalized spacial score (nSPS) is 15.9. The molecular formula is C27H28FN5S. The van der Waals surface area contributed by atoms with E-state index in [9.17, 15) is 4.39 Å². The molecule has 1 unspecified atom stereocenters. The standard InChI is InChI=1S/C27H28FN5S/c1-18(19-7-4-3-5-8-19)30-27-29-14-11-23(31-27)25-24(21-9-6-10-22(28)17-21)32-26(34-25)20-12-15-33(2)16-13-20/h3-11,14,17-18,20H,12-13,15-16H2,1-2H3,(H,29,30,31). The summed E-state index contributed by atoms with van der Waals surface area (Å²) in [6.07, 6.45) is 3.93. The van der Waals surface area contributed by atoms with Gasteiger partial charge < -0.3 is 10.2 Å². The van der Waals surface area contributed by atoms with Crippen molar-refractivity contribution in [2.24, 2.45) is 0 Å². The molecule has 0 saturated carbocycles. The Balaban J connectivity index is 1.50. The van der Waals surface area contributed by atoms with Crippen LogP contribution in [0.3, 0.4) is 0 Å². The van der Waals surface area contributed by atoms with Crippen LogP contribution in [0.4, 0.5) is 10.3 Å². The van der Waals surface area contributed by atoms with Crippen LogP contribution in [0.15, 0.2) is 66.9 Å². The van der Waals surface area contributed by atoms with Gasteiger partial charge in [-0.25, -0.2) is 19.3 Å². The number of anilines is 1. The molecule has 0 amide bonds. The average molecular weight is 474 g/mol. The van der Waals surface area contributed by atoms with Gasteiger partial charge in [0, 0.05) is 17.7 Å². The summed E-state index contributed by atoms with van der Waals surface area (Å²) in [6, 6.07) is 18.9. The molecule has 2 aromatic carbocycles. The molecule has 1 aliphatic rings. The van der Waals surface area contributed by atoms with Crippen molar-refractivity contribution in [3.8, 4) is 21.8 Å². The molecule has 0 aliphatic carbocycles. The summed E-state index contributed by atoms with van der Waals surface area (Å²) >= 11 is 1.67. The van der Waals surface area contributed by atoms with Crippen LogP contribution in [0, 0.1) is 5.82 Å².